The number of likely N-dealkylation sites (tertiary alicyclic amines) is 1. The number of pyridine rings is 1. The van der Waals surface area contributed by atoms with Crippen molar-refractivity contribution in [2.75, 3.05) is 19.6 Å². The Morgan fingerprint density at radius 2 is 2.06 bits per heavy atom. The molecule has 0 bridgehead atoms. The molecular weight excluding hydrogens is 430 g/mol. The number of allylic oxidation sites excluding steroid dienone is 1. The zero-order valence-corrected chi connectivity index (χ0v) is 22.3. The third-order valence-electron chi connectivity index (χ3n) is 7.22. The molecule has 0 spiro atoms. The van der Waals surface area contributed by atoms with E-state index >= 15 is 0 Å². The molecule has 5 nitrogen and oxygen atoms in total. The van der Waals surface area contributed by atoms with Gasteiger partial charge in [0, 0.05) is 42.1 Å². The minimum atomic E-state index is 0.220. The number of nitrogens with one attached hydrogen (secondary N) is 2. The Bertz CT molecular complexity index is 1180. The zero-order chi connectivity index (χ0) is 25.2. The lowest BCUT2D eigenvalue weighted by Gasteiger charge is -2.34. The summed E-state index contributed by atoms with van der Waals surface area (Å²) in [6.07, 6.45) is 8.35. The highest BCUT2D eigenvalue weighted by molar-refractivity contribution is 5.84. The van der Waals surface area contributed by atoms with E-state index in [0.717, 1.165) is 50.1 Å². The molecule has 0 saturated carbocycles. The molecule has 35 heavy (non-hydrogen) atoms. The average molecular weight is 474 g/mol. The molecule has 188 valence electrons. The van der Waals surface area contributed by atoms with E-state index in [1.54, 1.807) is 0 Å². The molecule has 1 unspecified atom stereocenters. The van der Waals surface area contributed by atoms with Crippen LogP contribution in [-0.4, -0.2) is 34.5 Å². The van der Waals surface area contributed by atoms with Crippen molar-refractivity contribution in [1.82, 2.24) is 20.2 Å². The van der Waals surface area contributed by atoms with Crippen LogP contribution in [0.5, 0.6) is 0 Å². The van der Waals surface area contributed by atoms with Gasteiger partial charge in [-0.05, 0) is 97.1 Å². The highest BCUT2D eigenvalue weighted by Crippen LogP contribution is 2.41. The van der Waals surface area contributed by atoms with Crippen LogP contribution in [0, 0.1) is 12.3 Å². The molecule has 1 aliphatic rings. The molecule has 0 aliphatic carbocycles. The summed E-state index contributed by atoms with van der Waals surface area (Å²) in [7, 11) is 0. The van der Waals surface area contributed by atoms with Gasteiger partial charge in [0.05, 0.1) is 6.04 Å². The second-order valence-corrected chi connectivity index (χ2v) is 11.3. The van der Waals surface area contributed by atoms with Crippen LogP contribution in [0.4, 0.5) is 0 Å². The lowest BCUT2D eigenvalue weighted by molar-refractivity contribution is 0.276. The van der Waals surface area contributed by atoms with E-state index in [1.807, 2.05) is 12.4 Å². The van der Waals surface area contributed by atoms with Gasteiger partial charge in [-0.2, -0.15) is 0 Å². The van der Waals surface area contributed by atoms with Crippen molar-refractivity contribution in [3.8, 4) is 11.1 Å². The van der Waals surface area contributed by atoms with E-state index in [-0.39, 0.29) is 5.41 Å². The fraction of sp³-hybridized carbons (Fsp3) is 0.500. The number of benzene rings is 1. The monoisotopic (exact) mass is 473 g/mol. The zero-order valence-electron chi connectivity index (χ0n) is 22.3. The normalized spacial score (nSPS) is 16.4. The summed E-state index contributed by atoms with van der Waals surface area (Å²) >= 11 is 0. The molecule has 4 rings (SSSR count). The van der Waals surface area contributed by atoms with Gasteiger partial charge in [-0.3, -0.25) is 0 Å². The number of aromatic nitrogens is 2. The number of fused-ring (bicyclic) bond motifs is 1. The van der Waals surface area contributed by atoms with Crippen molar-refractivity contribution in [2.45, 2.75) is 72.9 Å². The van der Waals surface area contributed by atoms with E-state index in [9.17, 15) is 0 Å². The molecule has 5 heteroatoms. The van der Waals surface area contributed by atoms with Crippen molar-refractivity contribution in [3.63, 3.8) is 0 Å². The Morgan fingerprint density at radius 3 is 2.77 bits per heavy atom. The van der Waals surface area contributed by atoms with Crippen molar-refractivity contribution in [1.29, 1.82) is 0 Å². The summed E-state index contributed by atoms with van der Waals surface area (Å²) < 4.78 is 0. The summed E-state index contributed by atoms with van der Waals surface area (Å²) in [5.74, 6) is 0. The standard InChI is InChI=1S/C30H43N5/c1-7-32-11-10-25-23(17-31)13-22(24-15-26-20(2)18-33-29(26)34-19-24)14-27(25)28-9-8-12-35(28)21(3)16-30(4,5)6/h13-15,18-19,28,32H,3,7-12,16-17,31H2,1-2,4-6H3,(H,33,34). The maximum absolute atomic E-state index is 6.37. The van der Waals surface area contributed by atoms with Crippen LogP contribution in [0.1, 0.15) is 75.3 Å². The second-order valence-electron chi connectivity index (χ2n) is 11.3. The van der Waals surface area contributed by atoms with E-state index in [2.05, 4.69) is 74.6 Å². The van der Waals surface area contributed by atoms with E-state index in [4.69, 9.17) is 10.7 Å². The molecule has 1 aliphatic heterocycles. The van der Waals surface area contributed by atoms with Gasteiger partial charge in [0.1, 0.15) is 5.65 Å². The Kier molecular flexibility index (Phi) is 7.67. The molecule has 0 amide bonds. The van der Waals surface area contributed by atoms with Crippen molar-refractivity contribution in [2.24, 2.45) is 11.1 Å². The number of likely N-dealkylation sites (N-methyl/N-ethyl adjacent to an activating group) is 1. The van der Waals surface area contributed by atoms with E-state index in [0.29, 0.717) is 12.6 Å². The number of H-pyrrole nitrogens is 1. The average Bonchev–Trinajstić information content (AvgIpc) is 3.45. The van der Waals surface area contributed by atoms with Gasteiger partial charge in [0.2, 0.25) is 0 Å². The third kappa shape index (κ3) is 5.62. The first-order valence-electron chi connectivity index (χ1n) is 13.2. The molecule has 3 aromatic rings. The topological polar surface area (TPSA) is 70.0 Å². The number of nitrogens with zero attached hydrogens (tertiary/aromatic N) is 2. The van der Waals surface area contributed by atoms with Crippen LogP contribution in [0.3, 0.4) is 0 Å². The van der Waals surface area contributed by atoms with Gasteiger partial charge in [-0.15, -0.1) is 0 Å². The number of aryl methyl sites for hydroxylation is 1. The van der Waals surface area contributed by atoms with Gasteiger partial charge < -0.3 is 20.9 Å². The SMILES string of the molecule is C=C(CC(C)(C)C)N1CCCC1c1cc(-c2cnc3[nH]cc(C)c3c2)cc(CN)c1CCNCC. The summed E-state index contributed by atoms with van der Waals surface area (Å²) in [4.78, 5) is 10.5. The van der Waals surface area contributed by atoms with Gasteiger partial charge >= 0.3 is 0 Å². The molecule has 1 atom stereocenters. The highest BCUT2D eigenvalue weighted by Gasteiger charge is 2.31. The third-order valence-corrected chi connectivity index (χ3v) is 7.22. The van der Waals surface area contributed by atoms with Crippen molar-refractivity contribution < 1.29 is 0 Å². The van der Waals surface area contributed by atoms with Gasteiger partial charge in [0.25, 0.3) is 0 Å². The molecule has 4 N–H and O–H groups in total. The number of rotatable bonds is 9. The van der Waals surface area contributed by atoms with Crippen LogP contribution < -0.4 is 11.1 Å². The van der Waals surface area contributed by atoms with Crippen molar-refractivity contribution in [3.05, 3.63) is 65.1 Å². The van der Waals surface area contributed by atoms with Crippen LogP contribution in [0.25, 0.3) is 22.2 Å². The summed E-state index contributed by atoms with van der Waals surface area (Å²) in [6.45, 7) is 19.3. The fourth-order valence-electron chi connectivity index (χ4n) is 5.57. The summed E-state index contributed by atoms with van der Waals surface area (Å²) in [5, 5.41) is 4.69. The Hall–Kier alpha value is -2.63. The lowest BCUT2D eigenvalue weighted by Crippen LogP contribution is -2.27. The summed E-state index contributed by atoms with van der Waals surface area (Å²) in [6, 6.07) is 7.31. The molecule has 3 heterocycles. The molecule has 1 fully saturated rings. The first-order chi connectivity index (χ1) is 16.7. The first kappa shape index (κ1) is 25.5. The molecule has 1 aromatic carbocycles. The number of aromatic amines is 1. The summed E-state index contributed by atoms with van der Waals surface area (Å²) in [5.41, 5.74) is 16.4. The maximum Gasteiger partial charge on any atom is 0.137 e. The van der Waals surface area contributed by atoms with Crippen molar-refractivity contribution >= 4 is 11.0 Å². The Morgan fingerprint density at radius 1 is 1.26 bits per heavy atom. The maximum atomic E-state index is 6.37. The quantitative estimate of drug-likeness (QED) is 0.322. The minimum Gasteiger partial charge on any atom is -0.368 e. The van der Waals surface area contributed by atoms with Crippen LogP contribution >= 0.6 is 0 Å². The number of hydrogen-bond donors (Lipinski definition) is 3. The largest absolute Gasteiger partial charge is 0.368 e. The predicted molar refractivity (Wildman–Crippen MR) is 148 cm³/mol. The molecular formula is C30H43N5. The molecule has 0 radical (unpaired) electrons. The number of hydrogen-bond acceptors (Lipinski definition) is 4. The Labute approximate surface area is 211 Å². The molecule has 2 aromatic heterocycles. The second kappa shape index (κ2) is 10.5. The smallest absolute Gasteiger partial charge is 0.137 e. The van der Waals surface area contributed by atoms with Crippen LogP contribution in [0.15, 0.2) is 42.9 Å². The molecule has 1 saturated heterocycles. The highest BCUT2D eigenvalue weighted by atomic mass is 15.2. The Balaban J connectivity index is 1.80. The first-order valence-corrected chi connectivity index (χ1v) is 13.2. The number of nitrogens with two attached hydrogens (primary N) is 1. The van der Waals surface area contributed by atoms with Crippen LogP contribution in [-0.2, 0) is 13.0 Å². The van der Waals surface area contributed by atoms with Gasteiger partial charge in [-0.25, -0.2) is 4.98 Å². The lowest BCUT2D eigenvalue weighted by atomic mass is 9.87. The van der Waals surface area contributed by atoms with Gasteiger partial charge in [-0.1, -0.05) is 34.3 Å². The van der Waals surface area contributed by atoms with E-state index in [1.165, 1.54) is 45.3 Å². The fourth-order valence-corrected chi connectivity index (χ4v) is 5.57. The predicted octanol–water partition coefficient (Wildman–Crippen LogP) is 6.24. The van der Waals surface area contributed by atoms with Crippen LogP contribution in [0.2, 0.25) is 0 Å². The van der Waals surface area contributed by atoms with E-state index < -0.39 is 0 Å². The minimum absolute atomic E-state index is 0.220. The van der Waals surface area contributed by atoms with Gasteiger partial charge in [0.15, 0.2) is 0 Å².